The SMILES string of the molecule is Cc1ccc(COc2ccccc2CNc2ccccn2)cc1. The number of ether oxygens (including phenoxy) is 1. The summed E-state index contributed by atoms with van der Waals surface area (Å²) in [5, 5.41) is 3.32. The molecule has 0 unspecified atom stereocenters. The maximum atomic E-state index is 5.99. The molecule has 1 aromatic heterocycles. The van der Waals surface area contributed by atoms with Crippen molar-refractivity contribution in [2.24, 2.45) is 0 Å². The molecule has 0 spiro atoms. The molecule has 0 saturated carbocycles. The Labute approximate surface area is 137 Å². The Bertz CT molecular complexity index is 739. The third-order valence-electron chi connectivity index (χ3n) is 3.61. The van der Waals surface area contributed by atoms with Gasteiger partial charge < -0.3 is 10.1 Å². The molecule has 0 aliphatic carbocycles. The molecule has 0 fully saturated rings. The van der Waals surface area contributed by atoms with Crippen LogP contribution in [0.3, 0.4) is 0 Å². The molecule has 23 heavy (non-hydrogen) atoms. The Hall–Kier alpha value is -2.81. The average Bonchev–Trinajstić information content (AvgIpc) is 2.61. The summed E-state index contributed by atoms with van der Waals surface area (Å²) in [4.78, 5) is 4.27. The Morgan fingerprint density at radius 1 is 0.913 bits per heavy atom. The Morgan fingerprint density at radius 3 is 2.48 bits per heavy atom. The van der Waals surface area contributed by atoms with Crippen molar-refractivity contribution in [2.75, 3.05) is 5.32 Å². The van der Waals surface area contributed by atoms with Crippen LogP contribution in [-0.2, 0) is 13.2 Å². The van der Waals surface area contributed by atoms with Crippen molar-refractivity contribution >= 4 is 5.82 Å². The molecule has 0 aliphatic rings. The first kappa shape index (κ1) is 15.1. The van der Waals surface area contributed by atoms with E-state index in [9.17, 15) is 0 Å². The van der Waals surface area contributed by atoms with Gasteiger partial charge in [0.2, 0.25) is 0 Å². The zero-order valence-electron chi connectivity index (χ0n) is 13.2. The maximum absolute atomic E-state index is 5.99. The van der Waals surface area contributed by atoms with Crippen LogP contribution >= 0.6 is 0 Å². The number of rotatable bonds is 6. The fraction of sp³-hybridized carbons (Fsp3) is 0.150. The summed E-state index contributed by atoms with van der Waals surface area (Å²) < 4.78 is 5.99. The Balaban J connectivity index is 1.64. The summed E-state index contributed by atoms with van der Waals surface area (Å²) in [6.07, 6.45) is 1.78. The topological polar surface area (TPSA) is 34.1 Å². The quantitative estimate of drug-likeness (QED) is 0.723. The van der Waals surface area contributed by atoms with E-state index in [1.807, 2.05) is 36.4 Å². The molecule has 0 amide bonds. The van der Waals surface area contributed by atoms with E-state index in [4.69, 9.17) is 4.74 Å². The molecule has 3 heteroatoms. The number of pyridine rings is 1. The van der Waals surface area contributed by atoms with E-state index >= 15 is 0 Å². The van der Waals surface area contributed by atoms with Crippen molar-refractivity contribution in [3.05, 3.63) is 89.6 Å². The zero-order valence-corrected chi connectivity index (χ0v) is 13.2. The van der Waals surface area contributed by atoms with Crippen LogP contribution in [0.1, 0.15) is 16.7 Å². The largest absolute Gasteiger partial charge is 0.489 e. The minimum Gasteiger partial charge on any atom is -0.489 e. The van der Waals surface area contributed by atoms with Gasteiger partial charge in [-0.05, 0) is 30.7 Å². The van der Waals surface area contributed by atoms with Crippen molar-refractivity contribution in [3.8, 4) is 5.75 Å². The van der Waals surface area contributed by atoms with E-state index in [1.54, 1.807) is 6.20 Å². The highest BCUT2D eigenvalue weighted by Gasteiger charge is 2.04. The van der Waals surface area contributed by atoms with Gasteiger partial charge in [-0.3, -0.25) is 0 Å². The molecule has 0 radical (unpaired) electrons. The molecular formula is C20H20N2O. The number of hydrogen-bond donors (Lipinski definition) is 1. The normalized spacial score (nSPS) is 10.3. The third kappa shape index (κ3) is 4.33. The number of benzene rings is 2. The fourth-order valence-electron chi connectivity index (χ4n) is 2.29. The number of hydrogen-bond acceptors (Lipinski definition) is 3. The van der Waals surface area contributed by atoms with Crippen molar-refractivity contribution in [2.45, 2.75) is 20.1 Å². The standard InChI is InChI=1S/C20H20N2O/c1-16-9-11-17(12-10-16)15-23-19-7-3-2-6-18(19)14-22-20-8-4-5-13-21-20/h2-13H,14-15H2,1H3,(H,21,22). The van der Waals surface area contributed by atoms with Crippen molar-refractivity contribution < 1.29 is 4.74 Å². The van der Waals surface area contributed by atoms with Gasteiger partial charge in [0, 0.05) is 18.3 Å². The first-order valence-corrected chi connectivity index (χ1v) is 7.72. The van der Waals surface area contributed by atoms with E-state index in [0.717, 1.165) is 17.1 Å². The van der Waals surface area contributed by atoms with Gasteiger partial charge in [0.15, 0.2) is 0 Å². The number of anilines is 1. The van der Waals surface area contributed by atoms with Gasteiger partial charge in [0.25, 0.3) is 0 Å². The van der Waals surface area contributed by atoms with Crippen molar-refractivity contribution in [3.63, 3.8) is 0 Å². The smallest absolute Gasteiger partial charge is 0.126 e. The first-order chi connectivity index (χ1) is 11.3. The highest BCUT2D eigenvalue weighted by Crippen LogP contribution is 2.20. The molecule has 3 aromatic rings. The number of aryl methyl sites for hydroxylation is 1. The monoisotopic (exact) mass is 304 g/mol. The number of para-hydroxylation sites is 1. The van der Waals surface area contributed by atoms with Crippen molar-refractivity contribution in [1.82, 2.24) is 4.98 Å². The fourth-order valence-corrected chi connectivity index (χ4v) is 2.29. The molecule has 3 rings (SSSR count). The highest BCUT2D eigenvalue weighted by atomic mass is 16.5. The van der Waals surface area contributed by atoms with Gasteiger partial charge in [-0.15, -0.1) is 0 Å². The zero-order chi connectivity index (χ0) is 15.9. The predicted molar refractivity (Wildman–Crippen MR) is 93.5 cm³/mol. The Morgan fingerprint density at radius 2 is 1.70 bits per heavy atom. The molecule has 0 atom stereocenters. The second-order valence-corrected chi connectivity index (χ2v) is 5.45. The third-order valence-corrected chi connectivity index (χ3v) is 3.61. The Kier molecular flexibility index (Phi) is 4.89. The van der Waals surface area contributed by atoms with Crippen LogP contribution in [0.5, 0.6) is 5.75 Å². The van der Waals surface area contributed by atoms with E-state index < -0.39 is 0 Å². The molecule has 0 bridgehead atoms. The highest BCUT2D eigenvalue weighted by molar-refractivity contribution is 5.39. The second kappa shape index (κ2) is 7.45. The summed E-state index contributed by atoms with van der Waals surface area (Å²) >= 11 is 0. The van der Waals surface area contributed by atoms with Crippen LogP contribution in [0.4, 0.5) is 5.82 Å². The summed E-state index contributed by atoms with van der Waals surface area (Å²) in [5.41, 5.74) is 3.54. The second-order valence-electron chi connectivity index (χ2n) is 5.45. The van der Waals surface area contributed by atoms with Crippen LogP contribution in [0.25, 0.3) is 0 Å². The summed E-state index contributed by atoms with van der Waals surface area (Å²) in [6, 6.07) is 22.3. The van der Waals surface area contributed by atoms with Crippen LogP contribution in [0, 0.1) is 6.92 Å². The maximum Gasteiger partial charge on any atom is 0.126 e. The molecule has 0 aliphatic heterocycles. The van der Waals surface area contributed by atoms with Crippen LogP contribution in [-0.4, -0.2) is 4.98 Å². The summed E-state index contributed by atoms with van der Waals surface area (Å²) in [7, 11) is 0. The minimum atomic E-state index is 0.570. The van der Waals surface area contributed by atoms with Crippen molar-refractivity contribution in [1.29, 1.82) is 0 Å². The molecule has 2 aromatic carbocycles. The molecule has 0 saturated heterocycles. The van der Waals surface area contributed by atoms with Gasteiger partial charge in [0.05, 0.1) is 0 Å². The van der Waals surface area contributed by atoms with Gasteiger partial charge in [-0.2, -0.15) is 0 Å². The number of aromatic nitrogens is 1. The molecule has 1 heterocycles. The molecular weight excluding hydrogens is 284 g/mol. The lowest BCUT2D eigenvalue weighted by Gasteiger charge is -2.12. The summed E-state index contributed by atoms with van der Waals surface area (Å²) in [6.45, 7) is 3.34. The van der Waals surface area contributed by atoms with Gasteiger partial charge >= 0.3 is 0 Å². The average molecular weight is 304 g/mol. The van der Waals surface area contributed by atoms with Crippen LogP contribution in [0.2, 0.25) is 0 Å². The lowest BCUT2D eigenvalue weighted by atomic mass is 10.1. The predicted octanol–water partition coefficient (Wildman–Crippen LogP) is 4.58. The molecule has 3 nitrogen and oxygen atoms in total. The first-order valence-electron chi connectivity index (χ1n) is 7.72. The molecule has 116 valence electrons. The van der Waals surface area contributed by atoms with E-state index in [1.165, 1.54) is 11.1 Å². The van der Waals surface area contributed by atoms with Gasteiger partial charge in [-0.1, -0.05) is 54.1 Å². The number of nitrogens with one attached hydrogen (secondary N) is 1. The van der Waals surface area contributed by atoms with Crippen LogP contribution < -0.4 is 10.1 Å². The lowest BCUT2D eigenvalue weighted by Crippen LogP contribution is -2.04. The van der Waals surface area contributed by atoms with Gasteiger partial charge in [0.1, 0.15) is 18.2 Å². The summed E-state index contributed by atoms with van der Waals surface area (Å²) in [5.74, 6) is 1.76. The van der Waals surface area contributed by atoms with E-state index in [2.05, 4.69) is 47.6 Å². The molecule has 1 N–H and O–H groups in total. The number of nitrogens with zero attached hydrogens (tertiary/aromatic N) is 1. The van der Waals surface area contributed by atoms with E-state index in [-0.39, 0.29) is 0 Å². The van der Waals surface area contributed by atoms with E-state index in [0.29, 0.717) is 13.2 Å². The minimum absolute atomic E-state index is 0.570. The van der Waals surface area contributed by atoms with Gasteiger partial charge in [-0.25, -0.2) is 4.98 Å². The van der Waals surface area contributed by atoms with Crippen LogP contribution in [0.15, 0.2) is 72.9 Å². The lowest BCUT2D eigenvalue weighted by molar-refractivity contribution is 0.303.